The Kier molecular flexibility index (Phi) is 7.25. The molecule has 1 amide bonds. The number of hydrogen-bond donors (Lipinski definition) is 1. The first kappa shape index (κ1) is 22.7. The van der Waals surface area contributed by atoms with E-state index in [0.29, 0.717) is 16.3 Å². The molecule has 0 saturated carbocycles. The number of rotatable bonds is 8. The second-order valence-corrected chi connectivity index (χ2v) is 9.71. The van der Waals surface area contributed by atoms with E-state index in [9.17, 15) is 18.0 Å². The van der Waals surface area contributed by atoms with Crippen LogP contribution in [0.25, 0.3) is 0 Å². The van der Waals surface area contributed by atoms with Crippen molar-refractivity contribution < 1.29 is 18.0 Å². The summed E-state index contributed by atoms with van der Waals surface area (Å²) in [6, 6.07) is 20.0. The summed E-state index contributed by atoms with van der Waals surface area (Å²) < 4.78 is 24.9. The molecular weight excluding hydrogens is 434 g/mol. The van der Waals surface area contributed by atoms with Crippen molar-refractivity contribution in [1.29, 1.82) is 0 Å². The molecule has 0 atom stereocenters. The maximum absolute atomic E-state index is 12.8. The normalized spacial score (nSPS) is 11.2. The SMILES string of the molecule is Cc1ccc(S(=O)(=O)CCCC(=O)Nc2ccc(Cl)cc2C(=O)c2ccccc2)cc1. The summed E-state index contributed by atoms with van der Waals surface area (Å²) >= 11 is 6.06. The summed E-state index contributed by atoms with van der Waals surface area (Å²) in [6.07, 6.45) is 0.171. The van der Waals surface area contributed by atoms with Crippen molar-refractivity contribution in [2.24, 2.45) is 0 Å². The van der Waals surface area contributed by atoms with Gasteiger partial charge in [0.1, 0.15) is 0 Å². The van der Waals surface area contributed by atoms with Crippen molar-refractivity contribution in [3.63, 3.8) is 0 Å². The lowest BCUT2D eigenvalue weighted by Crippen LogP contribution is -2.16. The maximum Gasteiger partial charge on any atom is 0.224 e. The van der Waals surface area contributed by atoms with Gasteiger partial charge in [0, 0.05) is 22.6 Å². The molecule has 0 heterocycles. The Morgan fingerprint density at radius 3 is 2.29 bits per heavy atom. The number of benzene rings is 3. The fourth-order valence-corrected chi connectivity index (χ4v) is 4.54. The lowest BCUT2D eigenvalue weighted by molar-refractivity contribution is -0.116. The zero-order valence-corrected chi connectivity index (χ0v) is 18.5. The zero-order chi connectivity index (χ0) is 22.4. The lowest BCUT2D eigenvalue weighted by Gasteiger charge is -2.11. The summed E-state index contributed by atoms with van der Waals surface area (Å²) in [6.45, 7) is 1.88. The number of halogens is 1. The molecule has 0 spiro atoms. The van der Waals surface area contributed by atoms with Gasteiger partial charge in [0.25, 0.3) is 0 Å². The standard InChI is InChI=1S/C24H22ClNO4S/c1-17-9-12-20(13-10-17)31(29,30)15-5-8-23(27)26-22-14-11-19(25)16-21(22)24(28)18-6-3-2-4-7-18/h2-4,6-7,9-14,16H,5,8,15H2,1H3,(H,26,27). The van der Waals surface area contributed by atoms with Crippen molar-refractivity contribution in [2.45, 2.75) is 24.7 Å². The smallest absolute Gasteiger partial charge is 0.224 e. The molecule has 3 aromatic rings. The molecule has 31 heavy (non-hydrogen) atoms. The predicted octanol–water partition coefficient (Wildman–Crippen LogP) is 5.07. The summed E-state index contributed by atoms with van der Waals surface area (Å²) in [5, 5.41) is 3.09. The van der Waals surface area contributed by atoms with Crippen LogP contribution in [0.4, 0.5) is 5.69 Å². The van der Waals surface area contributed by atoms with Gasteiger partial charge in [0.2, 0.25) is 5.91 Å². The molecule has 0 aliphatic heterocycles. The Morgan fingerprint density at radius 1 is 0.935 bits per heavy atom. The summed E-state index contributed by atoms with van der Waals surface area (Å²) in [5.74, 6) is -0.774. The Hall–Kier alpha value is -2.96. The Bertz CT molecular complexity index is 1190. The van der Waals surface area contributed by atoms with E-state index in [-0.39, 0.29) is 40.7 Å². The van der Waals surface area contributed by atoms with E-state index >= 15 is 0 Å². The van der Waals surface area contributed by atoms with E-state index in [1.165, 1.54) is 6.07 Å². The average molecular weight is 456 g/mol. The number of amides is 1. The van der Waals surface area contributed by atoms with Crippen molar-refractivity contribution in [1.82, 2.24) is 0 Å². The number of sulfone groups is 1. The Labute approximate surface area is 187 Å². The van der Waals surface area contributed by atoms with Gasteiger partial charge < -0.3 is 5.32 Å². The average Bonchev–Trinajstić information content (AvgIpc) is 2.75. The molecule has 1 N–H and O–H groups in total. The van der Waals surface area contributed by atoms with Crippen molar-refractivity contribution in [3.05, 3.63) is 94.5 Å². The molecule has 0 radical (unpaired) electrons. The van der Waals surface area contributed by atoms with Gasteiger partial charge in [-0.2, -0.15) is 0 Å². The number of ketones is 1. The molecule has 0 bridgehead atoms. The number of carbonyl (C=O) groups excluding carboxylic acids is 2. The molecule has 0 unspecified atom stereocenters. The molecule has 0 aliphatic rings. The largest absolute Gasteiger partial charge is 0.325 e. The van der Waals surface area contributed by atoms with E-state index in [0.717, 1.165) is 5.56 Å². The molecule has 0 aliphatic carbocycles. The maximum atomic E-state index is 12.8. The second kappa shape index (κ2) is 9.90. The summed E-state index contributed by atoms with van der Waals surface area (Å²) in [4.78, 5) is 25.5. The molecule has 7 heteroatoms. The number of aryl methyl sites for hydroxylation is 1. The van der Waals surface area contributed by atoms with E-state index in [4.69, 9.17) is 11.6 Å². The third-order valence-electron chi connectivity index (χ3n) is 4.73. The lowest BCUT2D eigenvalue weighted by atomic mass is 10.0. The monoisotopic (exact) mass is 455 g/mol. The van der Waals surface area contributed by atoms with Crippen LogP contribution in [0.5, 0.6) is 0 Å². The van der Waals surface area contributed by atoms with Gasteiger partial charge in [-0.15, -0.1) is 0 Å². The van der Waals surface area contributed by atoms with Crippen LogP contribution in [-0.4, -0.2) is 25.9 Å². The second-order valence-electron chi connectivity index (χ2n) is 7.17. The number of nitrogens with one attached hydrogen (secondary N) is 1. The highest BCUT2D eigenvalue weighted by atomic mass is 35.5. The molecule has 0 fully saturated rings. The van der Waals surface area contributed by atoms with E-state index in [2.05, 4.69) is 5.32 Å². The zero-order valence-electron chi connectivity index (χ0n) is 17.0. The quantitative estimate of drug-likeness (QED) is 0.481. The third kappa shape index (κ3) is 6.03. The highest BCUT2D eigenvalue weighted by Crippen LogP contribution is 2.24. The van der Waals surface area contributed by atoms with Gasteiger partial charge in [-0.25, -0.2) is 8.42 Å². The molecule has 0 saturated heterocycles. The van der Waals surface area contributed by atoms with Crippen LogP contribution < -0.4 is 5.32 Å². The van der Waals surface area contributed by atoms with Crippen molar-refractivity contribution in [3.8, 4) is 0 Å². The highest BCUT2D eigenvalue weighted by molar-refractivity contribution is 7.91. The minimum absolute atomic E-state index is 0.00663. The Morgan fingerprint density at radius 2 is 1.61 bits per heavy atom. The van der Waals surface area contributed by atoms with Gasteiger partial charge in [-0.1, -0.05) is 59.6 Å². The van der Waals surface area contributed by atoms with Crippen molar-refractivity contribution in [2.75, 3.05) is 11.1 Å². The van der Waals surface area contributed by atoms with Crippen LogP contribution in [-0.2, 0) is 14.6 Å². The van der Waals surface area contributed by atoms with E-state index in [1.807, 2.05) is 13.0 Å². The van der Waals surface area contributed by atoms with Crippen LogP contribution in [0, 0.1) is 6.92 Å². The number of anilines is 1. The van der Waals surface area contributed by atoms with Crippen LogP contribution in [0.3, 0.4) is 0 Å². The van der Waals surface area contributed by atoms with Gasteiger partial charge in [0.05, 0.1) is 16.3 Å². The molecule has 0 aromatic heterocycles. The van der Waals surface area contributed by atoms with E-state index < -0.39 is 9.84 Å². The molecule has 3 aromatic carbocycles. The fraction of sp³-hybridized carbons (Fsp3) is 0.167. The van der Waals surface area contributed by atoms with Crippen LogP contribution >= 0.6 is 11.6 Å². The first-order chi connectivity index (χ1) is 14.8. The summed E-state index contributed by atoms with van der Waals surface area (Å²) in [7, 11) is -3.46. The fourth-order valence-electron chi connectivity index (χ4n) is 3.06. The topological polar surface area (TPSA) is 80.3 Å². The first-order valence-corrected chi connectivity index (χ1v) is 11.8. The predicted molar refractivity (Wildman–Crippen MR) is 122 cm³/mol. The molecule has 160 valence electrons. The molecular formula is C24H22ClNO4S. The minimum atomic E-state index is -3.46. The van der Waals surface area contributed by atoms with Gasteiger partial charge in [0.15, 0.2) is 15.6 Å². The van der Waals surface area contributed by atoms with Gasteiger partial charge in [-0.3, -0.25) is 9.59 Å². The van der Waals surface area contributed by atoms with Gasteiger partial charge >= 0.3 is 0 Å². The number of carbonyl (C=O) groups is 2. The molecule has 5 nitrogen and oxygen atoms in total. The molecule has 3 rings (SSSR count). The Balaban J connectivity index is 1.66. The summed E-state index contributed by atoms with van der Waals surface area (Å²) in [5.41, 5.74) is 2.07. The van der Waals surface area contributed by atoms with Crippen LogP contribution in [0.15, 0.2) is 77.7 Å². The van der Waals surface area contributed by atoms with Gasteiger partial charge in [-0.05, 0) is 43.7 Å². The first-order valence-electron chi connectivity index (χ1n) is 9.75. The highest BCUT2D eigenvalue weighted by Gasteiger charge is 2.18. The van der Waals surface area contributed by atoms with Crippen LogP contribution in [0.1, 0.15) is 34.3 Å². The van der Waals surface area contributed by atoms with E-state index in [1.54, 1.807) is 60.7 Å². The number of hydrogen-bond acceptors (Lipinski definition) is 4. The van der Waals surface area contributed by atoms with Crippen LogP contribution in [0.2, 0.25) is 5.02 Å². The third-order valence-corrected chi connectivity index (χ3v) is 6.78. The van der Waals surface area contributed by atoms with Crippen molar-refractivity contribution >= 4 is 38.8 Å². The minimum Gasteiger partial charge on any atom is -0.325 e.